The van der Waals surface area contributed by atoms with Crippen LogP contribution in [0.25, 0.3) is 0 Å². The maximum atomic E-state index is 11.3. The van der Waals surface area contributed by atoms with Gasteiger partial charge in [-0.3, -0.25) is 0 Å². The Balaban J connectivity index is 1.66. The molecule has 4 unspecified atom stereocenters. The lowest BCUT2D eigenvalue weighted by atomic mass is 9.49. The van der Waals surface area contributed by atoms with Gasteiger partial charge in [-0.2, -0.15) is 0 Å². The fourth-order valence-corrected chi connectivity index (χ4v) is 7.23. The SMILES string of the molecule is C#C[C@@H]1C[C@H](O)CC2=CCC3C(CC[C@@]4(C)C3CC[C@@]4(O)CC=C)C21. The fraction of sp³-hybridized carbons (Fsp3) is 0.739. The molecule has 2 nitrogen and oxygen atoms in total. The average Bonchev–Trinajstić information content (AvgIpc) is 2.85. The zero-order chi connectivity index (χ0) is 17.8. The van der Waals surface area contributed by atoms with Crippen molar-refractivity contribution in [1.82, 2.24) is 0 Å². The Kier molecular flexibility index (Phi) is 4.17. The van der Waals surface area contributed by atoms with E-state index in [9.17, 15) is 10.2 Å². The second-order valence-corrected chi connectivity index (χ2v) is 9.36. The molecule has 0 aliphatic heterocycles. The van der Waals surface area contributed by atoms with Crippen molar-refractivity contribution >= 4 is 0 Å². The van der Waals surface area contributed by atoms with Crippen LogP contribution < -0.4 is 0 Å². The summed E-state index contributed by atoms with van der Waals surface area (Å²) in [7, 11) is 0. The van der Waals surface area contributed by atoms with E-state index in [0.717, 1.165) is 44.9 Å². The quantitative estimate of drug-likeness (QED) is 0.587. The molecule has 8 atom stereocenters. The van der Waals surface area contributed by atoms with Crippen molar-refractivity contribution in [2.45, 2.75) is 70.0 Å². The van der Waals surface area contributed by atoms with Crippen molar-refractivity contribution < 1.29 is 10.2 Å². The second-order valence-electron chi connectivity index (χ2n) is 9.36. The Morgan fingerprint density at radius 2 is 2.16 bits per heavy atom. The third-order valence-corrected chi connectivity index (χ3v) is 8.48. The van der Waals surface area contributed by atoms with Gasteiger partial charge in [-0.15, -0.1) is 18.9 Å². The average molecular weight is 341 g/mol. The molecular weight excluding hydrogens is 308 g/mol. The van der Waals surface area contributed by atoms with Crippen LogP contribution in [0.3, 0.4) is 0 Å². The van der Waals surface area contributed by atoms with Gasteiger partial charge in [-0.25, -0.2) is 0 Å². The van der Waals surface area contributed by atoms with Gasteiger partial charge < -0.3 is 10.2 Å². The Morgan fingerprint density at radius 3 is 2.88 bits per heavy atom. The van der Waals surface area contributed by atoms with Gasteiger partial charge in [-0.1, -0.05) is 24.6 Å². The van der Waals surface area contributed by atoms with Gasteiger partial charge in [0.25, 0.3) is 0 Å². The lowest BCUT2D eigenvalue weighted by molar-refractivity contribution is -0.115. The van der Waals surface area contributed by atoms with Crippen LogP contribution in [0.15, 0.2) is 24.3 Å². The maximum absolute atomic E-state index is 11.3. The molecule has 4 aliphatic carbocycles. The molecule has 2 N–H and O–H groups in total. The van der Waals surface area contributed by atoms with Crippen LogP contribution in [0.1, 0.15) is 58.3 Å². The van der Waals surface area contributed by atoms with Crippen LogP contribution in [0, 0.1) is 47.3 Å². The van der Waals surface area contributed by atoms with Gasteiger partial charge in [0, 0.05) is 5.92 Å². The van der Waals surface area contributed by atoms with Crippen LogP contribution in [0.4, 0.5) is 0 Å². The third-order valence-electron chi connectivity index (χ3n) is 8.48. The van der Waals surface area contributed by atoms with Gasteiger partial charge in [-0.05, 0) is 80.5 Å². The van der Waals surface area contributed by atoms with Crippen molar-refractivity contribution in [2.24, 2.45) is 35.0 Å². The predicted octanol–water partition coefficient (Wildman–Crippen LogP) is 4.09. The molecule has 4 rings (SSSR count). The van der Waals surface area contributed by atoms with E-state index in [-0.39, 0.29) is 17.4 Å². The minimum absolute atomic E-state index is 0.00746. The molecule has 0 heterocycles. The standard InChI is InChI=1S/C23H32O2/c1-4-10-23(25)12-9-20-18-7-6-16-14-17(24)13-15(5-2)21(16)19(18)8-11-22(20,23)3/h2,4,6,15,17-21,24-25H,1,7-14H2,3H3/t15-,17+,18?,19?,20?,21?,22+,23+/m1/s1. The summed E-state index contributed by atoms with van der Waals surface area (Å²) in [6.45, 7) is 6.21. The molecule has 0 aromatic heterocycles. The molecule has 0 aromatic carbocycles. The predicted molar refractivity (Wildman–Crippen MR) is 101 cm³/mol. The number of aliphatic hydroxyl groups excluding tert-OH is 1. The summed E-state index contributed by atoms with van der Waals surface area (Å²) in [5.41, 5.74) is 0.849. The summed E-state index contributed by atoms with van der Waals surface area (Å²) in [6, 6.07) is 0. The fourth-order valence-electron chi connectivity index (χ4n) is 7.23. The number of terminal acetylenes is 1. The molecule has 136 valence electrons. The highest BCUT2D eigenvalue weighted by Gasteiger charge is 2.62. The van der Waals surface area contributed by atoms with E-state index >= 15 is 0 Å². The molecule has 2 heteroatoms. The lowest BCUT2D eigenvalue weighted by Crippen LogP contribution is -2.53. The van der Waals surface area contributed by atoms with E-state index < -0.39 is 5.60 Å². The zero-order valence-corrected chi connectivity index (χ0v) is 15.5. The van der Waals surface area contributed by atoms with Crippen LogP contribution in [0.2, 0.25) is 0 Å². The highest BCUT2D eigenvalue weighted by Crippen LogP contribution is 2.65. The van der Waals surface area contributed by atoms with Crippen molar-refractivity contribution in [3.05, 3.63) is 24.3 Å². The normalized spacial score (nSPS) is 51.5. The summed E-state index contributed by atoms with van der Waals surface area (Å²) in [5, 5.41) is 21.5. The maximum Gasteiger partial charge on any atom is 0.0738 e. The Hall–Kier alpha value is -1.04. The zero-order valence-electron chi connectivity index (χ0n) is 15.5. The molecule has 0 saturated heterocycles. The van der Waals surface area contributed by atoms with E-state index in [1.54, 1.807) is 0 Å². The number of fused-ring (bicyclic) bond motifs is 5. The largest absolute Gasteiger partial charge is 0.393 e. The topological polar surface area (TPSA) is 40.5 Å². The summed E-state index contributed by atoms with van der Waals surface area (Å²) in [6.07, 6.45) is 17.6. The van der Waals surface area contributed by atoms with Crippen LogP contribution in [-0.4, -0.2) is 21.9 Å². The number of aliphatic hydroxyl groups is 2. The lowest BCUT2D eigenvalue weighted by Gasteiger charge is -2.56. The molecule has 0 radical (unpaired) electrons. The van der Waals surface area contributed by atoms with Gasteiger partial charge in [0.15, 0.2) is 0 Å². The van der Waals surface area contributed by atoms with Crippen molar-refractivity contribution in [3.63, 3.8) is 0 Å². The molecule has 25 heavy (non-hydrogen) atoms. The molecule has 0 spiro atoms. The molecule has 3 saturated carbocycles. The van der Waals surface area contributed by atoms with Gasteiger partial charge in [0.1, 0.15) is 0 Å². The van der Waals surface area contributed by atoms with E-state index in [1.165, 1.54) is 5.57 Å². The van der Waals surface area contributed by atoms with Crippen molar-refractivity contribution in [1.29, 1.82) is 0 Å². The third kappa shape index (κ3) is 2.39. The summed E-state index contributed by atoms with van der Waals surface area (Å²) in [5.74, 6) is 5.51. The van der Waals surface area contributed by atoms with Crippen LogP contribution in [-0.2, 0) is 0 Å². The number of hydrogen-bond donors (Lipinski definition) is 2. The molecular formula is C23H32O2. The Bertz CT molecular complexity index is 628. The smallest absolute Gasteiger partial charge is 0.0738 e. The number of rotatable bonds is 2. The molecule has 0 aromatic rings. The first kappa shape index (κ1) is 17.4. The Morgan fingerprint density at radius 1 is 1.36 bits per heavy atom. The second kappa shape index (κ2) is 6.00. The first-order valence-electron chi connectivity index (χ1n) is 10.1. The highest BCUT2D eigenvalue weighted by molar-refractivity contribution is 5.25. The first-order chi connectivity index (χ1) is 11.9. The van der Waals surface area contributed by atoms with Crippen molar-refractivity contribution in [2.75, 3.05) is 0 Å². The molecule has 0 bridgehead atoms. The van der Waals surface area contributed by atoms with E-state index in [1.807, 2.05) is 6.08 Å². The summed E-state index contributed by atoms with van der Waals surface area (Å²) >= 11 is 0. The van der Waals surface area contributed by atoms with Crippen molar-refractivity contribution in [3.8, 4) is 12.3 Å². The minimum Gasteiger partial charge on any atom is -0.393 e. The van der Waals surface area contributed by atoms with E-state index in [0.29, 0.717) is 30.1 Å². The molecule has 3 fully saturated rings. The molecule has 4 aliphatic rings. The van der Waals surface area contributed by atoms with Crippen LogP contribution >= 0.6 is 0 Å². The van der Waals surface area contributed by atoms with E-state index in [4.69, 9.17) is 6.42 Å². The minimum atomic E-state index is -0.581. The number of allylic oxidation sites excluding steroid dienone is 1. The highest BCUT2D eigenvalue weighted by atomic mass is 16.3. The Labute approximate surface area is 152 Å². The van der Waals surface area contributed by atoms with Gasteiger partial charge in [0.2, 0.25) is 0 Å². The summed E-state index contributed by atoms with van der Waals surface area (Å²) < 4.78 is 0. The molecule has 0 amide bonds. The summed E-state index contributed by atoms with van der Waals surface area (Å²) in [4.78, 5) is 0. The first-order valence-corrected chi connectivity index (χ1v) is 10.1. The van der Waals surface area contributed by atoms with Gasteiger partial charge >= 0.3 is 0 Å². The van der Waals surface area contributed by atoms with Crippen LogP contribution in [0.5, 0.6) is 0 Å². The van der Waals surface area contributed by atoms with E-state index in [2.05, 4.69) is 25.5 Å². The monoisotopic (exact) mass is 340 g/mol. The number of hydrogen-bond acceptors (Lipinski definition) is 2. The van der Waals surface area contributed by atoms with Gasteiger partial charge in [0.05, 0.1) is 11.7 Å².